The molecule has 2 rings (SSSR count). The Morgan fingerprint density at radius 1 is 1.11 bits per heavy atom. The van der Waals surface area contributed by atoms with Crippen LogP contribution in [0.4, 0.5) is 4.39 Å². The molecule has 1 nitrogen and oxygen atoms in total. The van der Waals surface area contributed by atoms with E-state index in [-0.39, 0.29) is 12.2 Å². The van der Waals surface area contributed by atoms with E-state index in [1.807, 2.05) is 24.3 Å². The molecule has 0 radical (unpaired) electrons. The fourth-order valence-electron chi connectivity index (χ4n) is 1.94. The molecule has 0 aliphatic carbocycles. The Balaban J connectivity index is 2.07. The van der Waals surface area contributed by atoms with Gasteiger partial charge < -0.3 is 5.11 Å². The van der Waals surface area contributed by atoms with Crippen LogP contribution >= 0.6 is 27.5 Å². The van der Waals surface area contributed by atoms with E-state index in [1.54, 1.807) is 6.07 Å². The van der Waals surface area contributed by atoms with Gasteiger partial charge >= 0.3 is 0 Å². The van der Waals surface area contributed by atoms with Crippen molar-refractivity contribution in [3.8, 4) is 0 Å². The summed E-state index contributed by atoms with van der Waals surface area (Å²) in [5.41, 5.74) is 1.43. The van der Waals surface area contributed by atoms with Crippen molar-refractivity contribution in [2.75, 3.05) is 0 Å². The van der Waals surface area contributed by atoms with E-state index in [1.165, 1.54) is 12.1 Å². The minimum atomic E-state index is -0.647. The lowest BCUT2D eigenvalue weighted by atomic mass is 10.0. The number of hydrogen-bond acceptors (Lipinski definition) is 1. The Kier molecular flexibility index (Phi) is 4.97. The van der Waals surface area contributed by atoms with Crippen LogP contribution in [0, 0.1) is 5.82 Å². The lowest BCUT2D eigenvalue weighted by Crippen LogP contribution is -2.15. The van der Waals surface area contributed by atoms with Crippen molar-refractivity contribution >= 4 is 27.5 Å². The number of hydrogen-bond donors (Lipinski definition) is 1. The van der Waals surface area contributed by atoms with E-state index in [2.05, 4.69) is 15.9 Å². The Bertz CT molecular complexity index is 574. The quantitative estimate of drug-likeness (QED) is 0.873. The van der Waals surface area contributed by atoms with Crippen molar-refractivity contribution in [2.24, 2.45) is 0 Å². The second kappa shape index (κ2) is 6.51. The summed E-state index contributed by atoms with van der Waals surface area (Å²) in [6.07, 6.45) is 0.0628. The highest BCUT2D eigenvalue weighted by Gasteiger charge is 2.12. The van der Waals surface area contributed by atoms with Gasteiger partial charge in [-0.05, 0) is 41.8 Å². The molecule has 0 bridgehead atoms. The van der Waals surface area contributed by atoms with Crippen LogP contribution in [-0.2, 0) is 12.8 Å². The van der Waals surface area contributed by atoms with Crippen LogP contribution in [0.5, 0.6) is 0 Å². The molecule has 1 atom stereocenters. The van der Waals surface area contributed by atoms with Crippen LogP contribution < -0.4 is 0 Å². The number of benzene rings is 2. The van der Waals surface area contributed by atoms with Gasteiger partial charge in [0.25, 0.3) is 0 Å². The molecule has 0 spiro atoms. The van der Waals surface area contributed by atoms with Crippen LogP contribution in [0.3, 0.4) is 0 Å². The van der Waals surface area contributed by atoms with Crippen molar-refractivity contribution < 1.29 is 9.50 Å². The summed E-state index contributed by atoms with van der Waals surface area (Å²) in [7, 11) is 0. The second-order valence-corrected chi connectivity index (χ2v) is 5.68. The van der Waals surface area contributed by atoms with Gasteiger partial charge in [0.05, 0.1) is 6.10 Å². The standard InChI is InChI=1S/C15H13BrClFO/c16-14-4-2-1-3-10(14)8-13(19)9-11-7-12(17)5-6-15(11)18/h1-7,13,19H,8-9H2. The molecule has 0 fully saturated rings. The molecule has 2 aromatic rings. The molecule has 100 valence electrons. The van der Waals surface area contributed by atoms with Gasteiger partial charge in [-0.1, -0.05) is 45.7 Å². The van der Waals surface area contributed by atoms with Gasteiger partial charge in [-0.25, -0.2) is 4.39 Å². The van der Waals surface area contributed by atoms with Crippen LogP contribution in [0.15, 0.2) is 46.9 Å². The van der Waals surface area contributed by atoms with Gasteiger partial charge in [-0.3, -0.25) is 0 Å². The molecule has 0 aromatic heterocycles. The third-order valence-electron chi connectivity index (χ3n) is 2.88. The topological polar surface area (TPSA) is 20.2 Å². The van der Waals surface area contributed by atoms with Crippen molar-refractivity contribution in [3.05, 3.63) is 68.9 Å². The van der Waals surface area contributed by atoms with Gasteiger partial charge in [0.2, 0.25) is 0 Å². The first-order valence-corrected chi connectivity index (χ1v) is 7.09. The second-order valence-electron chi connectivity index (χ2n) is 4.39. The molecule has 0 heterocycles. The number of aliphatic hydroxyl groups excluding tert-OH is 1. The number of halogens is 3. The predicted octanol–water partition coefficient (Wildman–Crippen LogP) is 4.39. The largest absolute Gasteiger partial charge is 0.392 e. The van der Waals surface area contributed by atoms with Crippen LogP contribution in [0.1, 0.15) is 11.1 Å². The fraction of sp³-hybridized carbons (Fsp3) is 0.200. The summed E-state index contributed by atoms with van der Waals surface area (Å²) < 4.78 is 14.5. The maximum atomic E-state index is 13.6. The Morgan fingerprint density at radius 2 is 1.79 bits per heavy atom. The molecule has 0 saturated heterocycles. The molecule has 1 unspecified atom stereocenters. The summed E-state index contributed by atoms with van der Waals surface area (Å²) in [6.45, 7) is 0. The number of aliphatic hydroxyl groups is 1. The highest BCUT2D eigenvalue weighted by Crippen LogP contribution is 2.21. The average Bonchev–Trinajstić information content (AvgIpc) is 2.37. The molecular weight excluding hydrogens is 331 g/mol. The minimum Gasteiger partial charge on any atom is -0.392 e. The third kappa shape index (κ3) is 4.03. The van der Waals surface area contributed by atoms with E-state index in [0.717, 1.165) is 10.0 Å². The normalized spacial score (nSPS) is 12.4. The van der Waals surface area contributed by atoms with Gasteiger partial charge in [0, 0.05) is 15.9 Å². The average molecular weight is 344 g/mol. The van der Waals surface area contributed by atoms with Gasteiger partial charge in [0.1, 0.15) is 5.82 Å². The molecule has 19 heavy (non-hydrogen) atoms. The van der Waals surface area contributed by atoms with E-state index in [4.69, 9.17) is 11.6 Å². The first-order valence-electron chi connectivity index (χ1n) is 5.91. The number of rotatable bonds is 4. The summed E-state index contributed by atoms with van der Waals surface area (Å²) in [4.78, 5) is 0. The molecule has 1 N–H and O–H groups in total. The van der Waals surface area contributed by atoms with Crippen LogP contribution in [-0.4, -0.2) is 11.2 Å². The lowest BCUT2D eigenvalue weighted by molar-refractivity contribution is 0.174. The smallest absolute Gasteiger partial charge is 0.126 e. The molecule has 2 aromatic carbocycles. The van der Waals surface area contributed by atoms with Gasteiger partial charge in [-0.2, -0.15) is 0 Å². The highest BCUT2D eigenvalue weighted by atomic mass is 79.9. The zero-order valence-corrected chi connectivity index (χ0v) is 12.5. The summed E-state index contributed by atoms with van der Waals surface area (Å²) in [6, 6.07) is 12.1. The summed E-state index contributed by atoms with van der Waals surface area (Å²) >= 11 is 9.26. The minimum absolute atomic E-state index is 0.244. The molecule has 0 aliphatic heterocycles. The summed E-state index contributed by atoms with van der Waals surface area (Å²) in [5, 5.41) is 10.5. The SMILES string of the molecule is OC(Cc1cc(Cl)ccc1F)Cc1ccccc1Br. The lowest BCUT2D eigenvalue weighted by Gasteiger charge is -2.12. The van der Waals surface area contributed by atoms with E-state index < -0.39 is 6.10 Å². The van der Waals surface area contributed by atoms with Crippen LogP contribution in [0.2, 0.25) is 5.02 Å². The Morgan fingerprint density at radius 3 is 2.53 bits per heavy atom. The zero-order chi connectivity index (χ0) is 13.8. The monoisotopic (exact) mass is 342 g/mol. The molecule has 0 saturated carbocycles. The van der Waals surface area contributed by atoms with Crippen molar-refractivity contribution in [2.45, 2.75) is 18.9 Å². The first kappa shape index (κ1) is 14.5. The summed E-state index contributed by atoms with van der Waals surface area (Å²) in [5.74, 6) is -0.337. The molecule has 0 aliphatic rings. The van der Waals surface area contributed by atoms with Crippen LogP contribution in [0.25, 0.3) is 0 Å². The molecule has 4 heteroatoms. The van der Waals surface area contributed by atoms with Crippen molar-refractivity contribution in [1.82, 2.24) is 0 Å². The predicted molar refractivity (Wildman–Crippen MR) is 79.0 cm³/mol. The third-order valence-corrected chi connectivity index (χ3v) is 3.89. The maximum Gasteiger partial charge on any atom is 0.126 e. The Hall–Kier alpha value is -0.900. The van der Waals surface area contributed by atoms with E-state index in [0.29, 0.717) is 17.0 Å². The Labute approximate surface area is 125 Å². The van der Waals surface area contributed by atoms with Crippen molar-refractivity contribution in [1.29, 1.82) is 0 Å². The van der Waals surface area contributed by atoms with Crippen molar-refractivity contribution in [3.63, 3.8) is 0 Å². The molecule has 0 amide bonds. The maximum absolute atomic E-state index is 13.6. The van der Waals surface area contributed by atoms with Gasteiger partial charge in [0.15, 0.2) is 0 Å². The first-order chi connectivity index (χ1) is 9.06. The molecular formula is C15H13BrClFO. The van der Waals surface area contributed by atoms with E-state index >= 15 is 0 Å². The highest BCUT2D eigenvalue weighted by molar-refractivity contribution is 9.10. The fourth-order valence-corrected chi connectivity index (χ4v) is 2.58. The van der Waals surface area contributed by atoms with Gasteiger partial charge in [-0.15, -0.1) is 0 Å². The van der Waals surface area contributed by atoms with E-state index in [9.17, 15) is 9.50 Å². The zero-order valence-electron chi connectivity index (χ0n) is 10.1.